The van der Waals surface area contributed by atoms with Gasteiger partial charge in [-0.15, -0.1) is 0 Å². The molecule has 1 N–H and O–H groups in total. The number of rotatable bonds is 3. The number of amides is 1. The summed E-state index contributed by atoms with van der Waals surface area (Å²) in [6.45, 7) is 0. The van der Waals surface area contributed by atoms with E-state index in [0.29, 0.717) is 17.2 Å². The number of carbonyl (C=O) groups is 1. The van der Waals surface area contributed by atoms with Gasteiger partial charge in [0.2, 0.25) is 5.91 Å². The van der Waals surface area contributed by atoms with Crippen LogP contribution in [0.25, 0.3) is 6.08 Å². The molecule has 5 heteroatoms. The second-order valence-electron chi connectivity index (χ2n) is 6.17. The van der Waals surface area contributed by atoms with Crippen molar-refractivity contribution in [2.45, 2.75) is 37.9 Å². The van der Waals surface area contributed by atoms with Gasteiger partial charge in [0.1, 0.15) is 5.76 Å². The predicted octanol–water partition coefficient (Wildman–Crippen LogP) is 4.36. The molecule has 0 bridgehead atoms. The van der Waals surface area contributed by atoms with E-state index in [4.69, 9.17) is 13.9 Å². The zero-order chi connectivity index (χ0) is 16.4. The number of benzene rings is 1. The first-order chi connectivity index (χ1) is 11.7. The van der Waals surface area contributed by atoms with Crippen LogP contribution in [0.3, 0.4) is 0 Å². The lowest BCUT2D eigenvalue weighted by atomic mass is 9.94. The minimum Gasteiger partial charge on any atom is -0.465 e. The summed E-state index contributed by atoms with van der Waals surface area (Å²) in [5, 5.41) is 2.82. The van der Waals surface area contributed by atoms with Gasteiger partial charge in [0, 0.05) is 30.7 Å². The van der Waals surface area contributed by atoms with Crippen molar-refractivity contribution in [3.63, 3.8) is 0 Å². The number of carbonyl (C=O) groups excluding carboxylic acids is 1. The molecule has 1 aromatic carbocycles. The van der Waals surface area contributed by atoms with E-state index in [1.54, 1.807) is 24.5 Å². The van der Waals surface area contributed by atoms with Gasteiger partial charge in [0.25, 0.3) is 5.79 Å². The second kappa shape index (κ2) is 6.07. The van der Waals surface area contributed by atoms with E-state index < -0.39 is 5.79 Å². The van der Waals surface area contributed by atoms with E-state index in [2.05, 4.69) is 5.32 Å². The van der Waals surface area contributed by atoms with E-state index in [9.17, 15) is 4.79 Å². The molecular weight excluding hydrogens is 306 g/mol. The molecule has 0 radical (unpaired) electrons. The standard InChI is InChI=1S/C19H19NO4/c21-18(9-7-15-5-4-12-22-15)20-14-6-8-16-17(13-14)24-19(23-16)10-2-1-3-11-19/h4-9,12-13H,1-3,10-11H2,(H,20,21). The molecule has 1 saturated carbocycles. The molecule has 2 aliphatic rings. The Bertz CT molecular complexity index is 758. The Balaban J connectivity index is 1.43. The molecular formula is C19H19NO4. The summed E-state index contributed by atoms with van der Waals surface area (Å²) >= 11 is 0. The average Bonchev–Trinajstić information content (AvgIpc) is 3.20. The van der Waals surface area contributed by atoms with Gasteiger partial charge in [-0.1, -0.05) is 6.42 Å². The summed E-state index contributed by atoms with van der Waals surface area (Å²) in [6.07, 6.45) is 9.92. The molecule has 124 valence electrons. The zero-order valence-corrected chi connectivity index (χ0v) is 13.3. The third-order valence-corrected chi connectivity index (χ3v) is 4.36. The molecule has 0 unspecified atom stereocenters. The Morgan fingerprint density at radius 3 is 2.71 bits per heavy atom. The van der Waals surface area contributed by atoms with Crippen LogP contribution < -0.4 is 14.8 Å². The number of furan rings is 1. The van der Waals surface area contributed by atoms with Crippen LogP contribution in [-0.4, -0.2) is 11.7 Å². The fourth-order valence-electron chi connectivity index (χ4n) is 3.19. The average molecular weight is 325 g/mol. The minimum atomic E-state index is -0.498. The lowest BCUT2D eigenvalue weighted by Gasteiger charge is -2.31. The topological polar surface area (TPSA) is 60.7 Å². The lowest BCUT2D eigenvalue weighted by Crippen LogP contribution is -2.40. The van der Waals surface area contributed by atoms with E-state index in [1.165, 1.54) is 12.5 Å². The highest BCUT2D eigenvalue weighted by Crippen LogP contribution is 2.46. The largest absolute Gasteiger partial charge is 0.465 e. The van der Waals surface area contributed by atoms with Crippen LogP contribution >= 0.6 is 0 Å². The maximum atomic E-state index is 12.0. The number of hydrogen-bond donors (Lipinski definition) is 1. The second-order valence-corrected chi connectivity index (χ2v) is 6.17. The van der Waals surface area contributed by atoms with E-state index >= 15 is 0 Å². The first-order valence-corrected chi connectivity index (χ1v) is 8.27. The van der Waals surface area contributed by atoms with Crippen molar-refractivity contribution in [2.75, 3.05) is 5.32 Å². The van der Waals surface area contributed by atoms with Crippen LogP contribution in [0.4, 0.5) is 5.69 Å². The number of ether oxygens (including phenoxy) is 2. The molecule has 1 amide bonds. The van der Waals surface area contributed by atoms with E-state index in [1.807, 2.05) is 18.2 Å². The van der Waals surface area contributed by atoms with Gasteiger partial charge >= 0.3 is 0 Å². The first kappa shape index (κ1) is 14.9. The fraction of sp³-hybridized carbons (Fsp3) is 0.316. The van der Waals surface area contributed by atoms with Gasteiger partial charge in [-0.05, 0) is 43.2 Å². The zero-order valence-electron chi connectivity index (χ0n) is 13.3. The number of anilines is 1. The molecule has 1 aliphatic carbocycles. The number of fused-ring (bicyclic) bond motifs is 1. The SMILES string of the molecule is O=C(C=Cc1ccco1)Nc1ccc2c(c1)OC1(CCCCC1)O2. The summed E-state index contributed by atoms with van der Waals surface area (Å²) in [4.78, 5) is 12.0. The van der Waals surface area contributed by atoms with Crippen LogP contribution in [0, 0.1) is 0 Å². The highest BCUT2D eigenvalue weighted by Gasteiger charge is 2.42. The Hall–Kier alpha value is -2.69. The van der Waals surface area contributed by atoms with Crippen molar-refractivity contribution in [3.8, 4) is 11.5 Å². The molecule has 1 spiro atoms. The molecule has 2 aromatic rings. The van der Waals surface area contributed by atoms with Gasteiger partial charge in [-0.25, -0.2) is 0 Å². The molecule has 1 aliphatic heterocycles. The Morgan fingerprint density at radius 2 is 1.92 bits per heavy atom. The van der Waals surface area contributed by atoms with Crippen molar-refractivity contribution in [2.24, 2.45) is 0 Å². The van der Waals surface area contributed by atoms with Gasteiger partial charge in [-0.2, -0.15) is 0 Å². The Labute approximate surface area is 140 Å². The molecule has 24 heavy (non-hydrogen) atoms. The third-order valence-electron chi connectivity index (χ3n) is 4.36. The van der Waals surface area contributed by atoms with Crippen LogP contribution in [0.2, 0.25) is 0 Å². The van der Waals surface area contributed by atoms with E-state index in [0.717, 1.165) is 31.4 Å². The van der Waals surface area contributed by atoms with Crippen molar-refractivity contribution < 1.29 is 18.7 Å². The van der Waals surface area contributed by atoms with Gasteiger partial charge in [0.05, 0.1) is 6.26 Å². The monoisotopic (exact) mass is 325 g/mol. The Morgan fingerprint density at radius 1 is 1.08 bits per heavy atom. The highest BCUT2D eigenvalue weighted by molar-refractivity contribution is 6.01. The molecule has 1 fully saturated rings. The Kier molecular flexibility index (Phi) is 3.76. The quantitative estimate of drug-likeness (QED) is 0.852. The number of hydrogen-bond acceptors (Lipinski definition) is 4. The summed E-state index contributed by atoms with van der Waals surface area (Å²) in [6, 6.07) is 9.05. The summed E-state index contributed by atoms with van der Waals surface area (Å²) in [5.74, 6) is 1.36. The molecule has 0 saturated heterocycles. The summed E-state index contributed by atoms with van der Waals surface area (Å²) < 4.78 is 17.3. The summed E-state index contributed by atoms with van der Waals surface area (Å²) in [7, 11) is 0. The summed E-state index contributed by atoms with van der Waals surface area (Å²) in [5.41, 5.74) is 0.680. The number of nitrogens with one attached hydrogen (secondary N) is 1. The fourth-order valence-corrected chi connectivity index (χ4v) is 3.19. The smallest absolute Gasteiger partial charge is 0.251 e. The first-order valence-electron chi connectivity index (χ1n) is 8.27. The van der Waals surface area contributed by atoms with Crippen LogP contribution in [0.5, 0.6) is 11.5 Å². The maximum absolute atomic E-state index is 12.0. The van der Waals surface area contributed by atoms with Crippen molar-refractivity contribution >= 4 is 17.7 Å². The molecule has 1 aromatic heterocycles. The predicted molar refractivity (Wildman–Crippen MR) is 89.9 cm³/mol. The lowest BCUT2D eigenvalue weighted by molar-refractivity contribution is -0.111. The van der Waals surface area contributed by atoms with E-state index in [-0.39, 0.29) is 5.91 Å². The maximum Gasteiger partial charge on any atom is 0.251 e. The molecule has 5 nitrogen and oxygen atoms in total. The van der Waals surface area contributed by atoms with Gasteiger partial charge in [0.15, 0.2) is 11.5 Å². The normalized spacial score (nSPS) is 18.2. The van der Waals surface area contributed by atoms with Crippen molar-refractivity contribution in [1.82, 2.24) is 0 Å². The van der Waals surface area contributed by atoms with Gasteiger partial charge in [-0.3, -0.25) is 4.79 Å². The van der Waals surface area contributed by atoms with Crippen molar-refractivity contribution in [1.29, 1.82) is 0 Å². The van der Waals surface area contributed by atoms with Crippen LogP contribution in [0.1, 0.15) is 37.9 Å². The van der Waals surface area contributed by atoms with Gasteiger partial charge < -0.3 is 19.2 Å². The molecule has 4 rings (SSSR count). The highest BCUT2D eigenvalue weighted by atomic mass is 16.7. The van der Waals surface area contributed by atoms with Crippen LogP contribution in [0.15, 0.2) is 47.1 Å². The van der Waals surface area contributed by atoms with Crippen LogP contribution in [-0.2, 0) is 4.79 Å². The third kappa shape index (κ3) is 3.02. The van der Waals surface area contributed by atoms with Crippen molar-refractivity contribution in [3.05, 3.63) is 48.4 Å². The molecule has 2 heterocycles. The minimum absolute atomic E-state index is 0.224. The molecule has 0 atom stereocenters.